The Morgan fingerprint density at radius 1 is 1.06 bits per heavy atom. The molecule has 0 radical (unpaired) electrons. The molecule has 3 heteroatoms. The molecule has 2 nitrogen and oxygen atoms in total. The standard InChI is InChI=1S/C14H23NOS/c1-3-15(4-2)11-5-6-12-17-14-9-7-13(16)8-10-14/h7-10,16H,3-6,11-12H2,1-2H3. The van der Waals surface area contributed by atoms with Crippen LogP contribution < -0.4 is 0 Å². The zero-order valence-corrected chi connectivity index (χ0v) is 11.7. The summed E-state index contributed by atoms with van der Waals surface area (Å²) >= 11 is 1.87. The van der Waals surface area contributed by atoms with Gasteiger partial charge in [0.15, 0.2) is 0 Å². The van der Waals surface area contributed by atoms with Gasteiger partial charge in [-0.05, 0) is 62.5 Å². The molecule has 0 aliphatic carbocycles. The first-order chi connectivity index (χ1) is 8.26. The van der Waals surface area contributed by atoms with Crippen LogP contribution >= 0.6 is 11.8 Å². The molecule has 0 spiro atoms. The van der Waals surface area contributed by atoms with Crippen molar-refractivity contribution in [2.75, 3.05) is 25.4 Å². The number of aromatic hydroxyl groups is 1. The van der Waals surface area contributed by atoms with E-state index in [0.717, 1.165) is 18.8 Å². The third-order valence-corrected chi connectivity index (χ3v) is 3.97. The summed E-state index contributed by atoms with van der Waals surface area (Å²) in [5.74, 6) is 1.50. The fraction of sp³-hybridized carbons (Fsp3) is 0.571. The zero-order valence-electron chi connectivity index (χ0n) is 10.9. The van der Waals surface area contributed by atoms with Crippen molar-refractivity contribution in [3.05, 3.63) is 24.3 Å². The number of phenols is 1. The lowest BCUT2D eigenvalue weighted by Gasteiger charge is -2.17. The third-order valence-electron chi connectivity index (χ3n) is 2.87. The van der Waals surface area contributed by atoms with E-state index in [0.29, 0.717) is 5.75 Å². The van der Waals surface area contributed by atoms with E-state index in [1.165, 1.54) is 24.3 Å². The van der Waals surface area contributed by atoms with Gasteiger partial charge in [-0.1, -0.05) is 13.8 Å². The second-order valence-corrected chi connectivity index (χ2v) is 5.24. The maximum Gasteiger partial charge on any atom is 0.115 e. The summed E-state index contributed by atoms with van der Waals surface area (Å²) in [5, 5.41) is 9.17. The molecular formula is C14H23NOS. The van der Waals surface area contributed by atoms with Crippen LogP contribution in [-0.4, -0.2) is 35.4 Å². The molecule has 0 aliphatic rings. The van der Waals surface area contributed by atoms with Gasteiger partial charge in [-0.2, -0.15) is 0 Å². The summed E-state index contributed by atoms with van der Waals surface area (Å²) in [7, 11) is 0. The lowest BCUT2D eigenvalue weighted by Crippen LogP contribution is -2.23. The van der Waals surface area contributed by atoms with Gasteiger partial charge in [0.25, 0.3) is 0 Å². The van der Waals surface area contributed by atoms with Gasteiger partial charge >= 0.3 is 0 Å². The van der Waals surface area contributed by atoms with Crippen LogP contribution in [0.5, 0.6) is 5.75 Å². The van der Waals surface area contributed by atoms with E-state index in [1.807, 2.05) is 23.9 Å². The first-order valence-corrected chi connectivity index (χ1v) is 7.39. The fourth-order valence-electron chi connectivity index (χ4n) is 1.71. The first kappa shape index (κ1) is 14.4. The SMILES string of the molecule is CCN(CC)CCCCSc1ccc(O)cc1. The summed E-state index contributed by atoms with van der Waals surface area (Å²) < 4.78 is 0. The van der Waals surface area contributed by atoms with E-state index < -0.39 is 0 Å². The van der Waals surface area contributed by atoms with Crippen LogP contribution in [0.1, 0.15) is 26.7 Å². The minimum Gasteiger partial charge on any atom is -0.508 e. The minimum atomic E-state index is 0.343. The maximum absolute atomic E-state index is 9.17. The Morgan fingerprint density at radius 2 is 1.71 bits per heavy atom. The molecule has 0 amide bonds. The van der Waals surface area contributed by atoms with Crippen LogP contribution in [0.4, 0.5) is 0 Å². The average Bonchev–Trinajstić information content (AvgIpc) is 2.36. The Bertz CT molecular complexity index is 296. The molecule has 17 heavy (non-hydrogen) atoms. The van der Waals surface area contributed by atoms with Crippen molar-refractivity contribution in [1.29, 1.82) is 0 Å². The zero-order chi connectivity index (χ0) is 12.5. The highest BCUT2D eigenvalue weighted by Gasteiger charge is 1.99. The van der Waals surface area contributed by atoms with Gasteiger partial charge in [0.2, 0.25) is 0 Å². The summed E-state index contributed by atoms with van der Waals surface area (Å²) in [6.45, 7) is 7.95. The monoisotopic (exact) mass is 253 g/mol. The van der Waals surface area contributed by atoms with Gasteiger partial charge in [0, 0.05) is 4.90 Å². The number of benzene rings is 1. The van der Waals surface area contributed by atoms with Crippen LogP contribution in [0.15, 0.2) is 29.2 Å². The molecule has 1 aromatic rings. The van der Waals surface area contributed by atoms with E-state index in [4.69, 9.17) is 5.11 Å². The average molecular weight is 253 g/mol. The quantitative estimate of drug-likeness (QED) is 0.565. The maximum atomic E-state index is 9.17. The smallest absolute Gasteiger partial charge is 0.115 e. The van der Waals surface area contributed by atoms with Crippen molar-refractivity contribution < 1.29 is 5.11 Å². The van der Waals surface area contributed by atoms with Crippen molar-refractivity contribution in [1.82, 2.24) is 4.90 Å². The first-order valence-electron chi connectivity index (χ1n) is 6.40. The van der Waals surface area contributed by atoms with Gasteiger partial charge in [-0.3, -0.25) is 0 Å². The van der Waals surface area contributed by atoms with E-state index in [-0.39, 0.29) is 0 Å². The minimum absolute atomic E-state index is 0.343. The van der Waals surface area contributed by atoms with Gasteiger partial charge < -0.3 is 10.0 Å². The Balaban J connectivity index is 2.10. The molecule has 0 unspecified atom stereocenters. The topological polar surface area (TPSA) is 23.5 Å². The van der Waals surface area contributed by atoms with E-state index in [9.17, 15) is 0 Å². The van der Waals surface area contributed by atoms with Gasteiger partial charge in [0.1, 0.15) is 5.75 Å². The van der Waals surface area contributed by atoms with Gasteiger partial charge in [0.05, 0.1) is 0 Å². The molecule has 0 aromatic heterocycles. The lowest BCUT2D eigenvalue weighted by atomic mass is 10.3. The van der Waals surface area contributed by atoms with Crippen molar-refractivity contribution >= 4 is 11.8 Å². The molecule has 0 atom stereocenters. The number of hydrogen-bond donors (Lipinski definition) is 1. The number of hydrogen-bond acceptors (Lipinski definition) is 3. The molecule has 0 saturated carbocycles. The third kappa shape index (κ3) is 5.99. The number of thioether (sulfide) groups is 1. The summed E-state index contributed by atoms with van der Waals surface area (Å²) in [6, 6.07) is 7.45. The molecule has 0 aliphatic heterocycles. The number of unbranched alkanes of at least 4 members (excludes halogenated alkanes) is 1. The highest BCUT2D eigenvalue weighted by molar-refractivity contribution is 7.99. The lowest BCUT2D eigenvalue weighted by molar-refractivity contribution is 0.299. The molecule has 0 fully saturated rings. The predicted molar refractivity (Wildman–Crippen MR) is 75.9 cm³/mol. The highest BCUT2D eigenvalue weighted by atomic mass is 32.2. The van der Waals surface area contributed by atoms with Crippen molar-refractivity contribution in [2.45, 2.75) is 31.6 Å². The number of rotatable bonds is 8. The Hall–Kier alpha value is -0.670. The molecule has 0 heterocycles. The number of nitrogens with zero attached hydrogens (tertiary/aromatic N) is 1. The summed E-state index contributed by atoms with van der Waals surface area (Å²) in [4.78, 5) is 3.70. The molecule has 0 saturated heterocycles. The second kappa shape index (κ2) is 8.43. The van der Waals surface area contributed by atoms with Gasteiger partial charge in [-0.25, -0.2) is 0 Å². The highest BCUT2D eigenvalue weighted by Crippen LogP contribution is 2.21. The molecule has 1 N–H and O–H groups in total. The summed E-state index contributed by atoms with van der Waals surface area (Å²) in [5.41, 5.74) is 0. The van der Waals surface area contributed by atoms with E-state index in [1.54, 1.807) is 12.1 Å². The van der Waals surface area contributed by atoms with Crippen LogP contribution in [0, 0.1) is 0 Å². The second-order valence-electron chi connectivity index (χ2n) is 4.08. The van der Waals surface area contributed by atoms with Crippen LogP contribution in [0.3, 0.4) is 0 Å². The molecular weight excluding hydrogens is 230 g/mol. The predicted octanol–water partition coefficient (Wildman–Crippen LogP) is 3.61. The fourth-order valence-corrected chi connectivity index (χ4v) is 2.62. The van der Waals surface area contributed by atoms with Crippen molar-refractivity contribution in [3.63, 3.8) is 0 Å². The normalized spacial score (nSPS) is 11.0. The Morgan fingerprint density at radius 3 is 2.29 bits per heavy atom. The largest absolute Gasteiger partial charge is 0.508 e. The van der Waals surface area contributed by atoms with Gasteiger partial charge in [-0.15, -0.1) is 11.8 Å². The van der Waals surface area contributed by atoms with E-state index in [2.05, 4.69) is 18.7 Å². The summed E-state index contributed by atoms with van der Waals surface area (Å²) in [6.07, 6.45) is 2.52. The van der Waals surface area contributed by atoms with Crippen LogP contribution in [0.2, 0.25) is 0 Å². The molecule has 1 rings (SSSR count). The van der Waals surface area contributed by atoms with Crippen LogP contribution in [-0.2, 0) is 0 Å². The van der Waals surface area contributed by atoms with Crippen molar-refractivity contribution in [2.24, 2.45) is 0 Å². The molecule has 96 valence electrons. The van der Waals surface area contributed by atoms with Crippen molar-refractivity contribution in [3.8, 4) is 5.75 Å². The number of phenolic OH excluding ortho intramolecular Hbond substituents is 1. The Kier molecular flexibility index (Phi) is 7.13. The molecule has 1 aromatic carbocycles. The molecule has 0 bridgehead atoms. The Labute approximate surface area is 109 Å². The van der Waals surface area contributed by atoms with Crippen LogP contribution in [0.25, 0.3) is 0 Å². The van der Waals surface area contributed by atoms with E-state index >= 15 is 0 Å².